The Morgan fingerprint density at radius 1 is 1.40 bits per heavy atom. The lowest BCUT2D eigenvalue weighted by molar-refractivity contribution is -0.125. The molecule has 0 spiro atoms. The van der Waals surface area contributed by atoms with Gasteiger partial charge in [-0.1, -0.05) is 13.8 Å². The van der Waals surface area contributed by atoms with Crippen molar-refractivity contribution in [3.05, 3.63) is 0 Å². The molecule has 0 aromatic heterocycles. The van der Waals surface area contributed by atoms with Gasteiger partial charge in [0.15, 0.2) is 0 Å². The van der Waals surface area contributed by atoms with Crippen molar-refractivity contribution in [3.63, 3.8) is 0 Å². The lowest BCUT2D eigenvalue weighted by atomic mass is 10.0. The van der Waals surface area contributed by atoms with Crippen molar-refractivity contribution >= 4 is 5.91 Å². The standard InChI is InChI=1S/C10H22N2O3/c1-7(2)4-8(11)9(15)12-10(3,5-13)6-14/h7-8,13-14H,4-6,11H2,1-3H3,(H,12,15)/t8-/m1/s1. The zero-order valence-electron chi connectivity index (χ0n) is 9.66. The van der Waals surface area contributed by atoms with Crippen LogP contribution < -0.4 is 11.1 Å². The summed E-state index contributed by atoms with van der Waals surface area (Å²) in [5, 5.41) is 20.5. The largest absolute Gasteiger partial charge is 0.394 e. The van der Waals surface area contributed by atoms with Gasteiger partial charge in [0.25, 0.3) is 0 Å². The van der Waals surface area contributed by atoms with Gasteiger partial charge in [-0.25, -0.2) is 0 Å². The van der Waals surface area contributed by atoms with Gasteiger partial charge >= 0.3 is 0 Å². The van der Waals surface area contributed by atoms with Crippen molar-refractivity contribution in [3.8, 4) is 0 Å². The van der Waals surface area contributed by atoms with E-state index in [1.54, 1.807) is 6.92 Å². The predicted molar refractivity (Wildman–Crippen MR) is 58.1 cm³/mol. The fourth-order valence-electron chi connectivity index (χ4n) is 1.13. The van der Waals surface area contributed by atoms with Crippen molar-refractivity contribution in [2.24, 2.45) is 11.7 Å². The number of nitrogens with one attached hydrogen (secondary N) is 1. The molecule has 5 N–H and O–H groups in total. The minimum Gasteiger partial charge on any atom is -0.394 e. The molecule has 0 aliphatic heterocycles. The maximum atomic E-state index is 11.6. The molecule has 5 nitrogen and oxygen atoms in total. The van der Waals surface area contributed by atoms with Gasteiger partial charge in [0.1, 0.15) is 0 Å². The molecule has 15 heavy (non-hydrogen) atoms. The smallest absolute Gasteiger partial charge is 0.237 e. The highest BCUT2D eigenvalue weighted by Gasteiger charge is 2.27. The number of aliphatic hydroxyl groups excluding tert-OH is 2. The highest BCUT2D eigenvalue weighted by Crippen LogP contribution is 2.06. The summed E-state index contributed by atoms with van der Waals surface area (Å²) in [4.78, 5) is 11.6. The second-order valence-electron chi connectivity index (χ2n) is 4.60. The number of nitrogens with two attached hydrogens (primary N) is 1. The van der Waals surface area contributed by atoms with Gasteiger partial charge in [-0.3, -0.25) is 4.79 Å². The van der Waals surface area contributed by atoms with E-state index in [2.05, 4.69) is 5.32 Å². The number of hydrogen-bond donors (Lipinski definition) is 4. The molecule has 90 valence electrons. The molecular weight excluding hydrogens is 196 g/mol. The van der Waals surface area contributed by atoms with E-state index >= 15 is 0 Å². The zero-order valence-corrected chi connectivity index (χ0v) is 9.66. The first-order valence-corrected chi connectivity index (χ1v) is 5.14. The minimum atomic E-state index is -0.994. The van der Waals surface area contributed by atoms with Gasteiger partial charge in [-0.15, -0.1) is 0 Å². The van der Waals surface area contributed by atoms with Crippen molar-refractivity contribution < 1.29 is 15.0 Å². The van der Waals surface area contributed by atoms with E-state index in [9.17, 15) is 4.79 Å². The van der Waals surface area contributed by atoms with E-state index < -0.39 is 11.6 Å². The Labute approximate surface area is 90.7 Å². The normalized spacial score (nSPS) is 14.1. The Balaban J connectivity index is 4.22. The first-order valence-electron chi connectivity index (χ1n) is 5.14. The topological polar surface area (TPSA) is 95.6 Å². The molecule has 1 amide bonds. The number of amides is 1. The molecule has 0 aromatic carbocycles. The average Bonchev–Trinajstić information content (AvgIpc) is 2.16. The molecule has 1 atom stereocenters. The Hall–Kier alpha value is -0.650. The Bertz CT molecular complexity index is 203. The minimum absolute atomic E-state index is 0.316. The molecule has 0 aliphatic rings. The highest BCUT2D eigenvalue weighted by atomic mass is 16.3. The number of carbonyl (C=O) groups is 1. The van der Waals surface area contributed by atoms with E-state index in [1.807, 2.05) is 13.8 Å². The van der Waals surface area contributed by atoms with Gasteiger partial charge in [0.2, 0.25) is 5.91 Å². The molecule has 0 aromatic rings. The van der Waals surface area contributed by atoms with Crippen LogP contribution in [0.2, 0.25) is 0 Å². The highest BCUT2D eigenvalue weighted by molar-refractivity contribution is 5.82. The van der Waals surface area contributed by atoms with Gasteiger partial charge in [0, 0.05) is 0 Å². The van der Waals surface area contributed by atoms with E-state index in [1.165, 1.54) is 0 Å². The summed E-state index contributed by atoms with van der Waals surface area (Å²) < 4.78 is 0. The average molecular weight is 218 g/mol. The second kappa shape index (κ2) is 6.05. The first-order chi connectivity index (χ1) is 6.84. The van der Waals surface area contributed by atoms with Crippen LogP contribution in [-0.2, 0) is 4.79 Å². The molecular formula is C10H22N2O3. The van der Waals surface area contributed by atoms with Gasteiger partial charge in [0.05, 0.1) is 24.8 Å². The molecule has 0 rings (SSSR count). The fraction of sp³-hybridized carbons (Fsp3) is 0.900. The van der Waals surface area contributed by atoms with Crippen LogP contribution in [-0.4, -0.2) is 40.9 Å². The van der Waals surface area contributed by atoms with Crippen LogP contribution in [0.1, 0.15) is 27.2 Å². The number of hydrogen-bond acceptors (Lipinski definition) is 4. The second-order valence-corrected chi connectivity index (χ2v) is 4.60. The molecule has 0 radical (unpaired) electrons. The van der Waals surface area contributed by atoms with Gasteiger partial charge < -0.3 is 21.3 Å². The van der Waals surface area contributed by atoms with Crippen LogP contribution in [0.15, 0.2) is 0 Å². The van der Waals surface area contributed by atoms with Crippen LogP contribution >= 0.6 is 0 Å². The van der Waals surface area contributed by atoms with E-state index in [0.29, 0.717) is 12.3 Å². The summed E-state index contributed by atoms with van der Waals surface area (Å²) in [7, 11) is 0. The van der Waals surface area contributed by atoms with Crippen molar-refractivity contribution in [1.29, 1.82) is 0 Å². The van der Waals surface area contributed by atoms with Gasteiger partial charge in [-0.2, -0.15) is 0 Å². The van der Waals surface area contributed by atoms with Crippen LogP contribution in [0.5, 0.6) is 0 Å². The van der Waals surface area contributed by atoms with E-state index in [0.717, 1.165) is 0 Å². The maximum Gasteiger partial charge on any atom is 0.237 e. The number of carbonyl (C=O) groups excluding carboxylic acids is 1. The molecule has 0 fully saturated rings. The Morgan fingerprint density at radius 2 is 1.87 bits per heavy atom. The quantitative estimate of drug-likeness (QED) is 0.470. The third kappa shape index (κ3) is 5.11. The summed E-state index contributed by atoms with van der Waals surface area (Å²) in [5.41, 5.74) is 4.67. The number of rotatable bonds is 6. The SMILES string of the molecule is CC(C)C[C@@H](N)C(=O)NC(C)(CO)CO. The van der Waals surface area contributed by atoms with Gasteiger partial charge in [-0.05, 0) is 19.3 Å². The molecule has 0 aliphatic carbocycles. The van der Waals surface area contributed by atoms with Crippen LogP contribution in [0.25, 0.3) is 0 Å². The van der Waals surface area contributed by atoms with Crippen LogP contribution in [0.4, 0.5) is 0 Å². The lowest BCUT2D eigenvalue weighted by Gasteiger charge is -2.28. The third-order valence-electron chi connectivity index (χ3n) is 2.19. The van der Waals surface area contributed by atoms with Crippen molar-refractivity contribution in [2.75, 3.05) is 13.2 Å². The zero-order chi connectivity index (χ0) is 12.1. The van der Waals surface area contributed by atoms with E-state index in [-0.39, 0.29) is 19.1 Å². The molecule has 0 saturated heterocycles. The summed E-state index contributed by atoms with van der Waals surface area (Å²) in [6, 6.07) is -0.595. The summed E-state index contributed by atoms with van der Waals surface area (Å²) in [6.45, 7) is 4.88. The Kier molecular flexibility index (Phi) is 5.79. The maximum absolute atomic E-state index is 11.6. The molecule has 5 heteroatoms. The number of aliphatic hydroxyl groups is 2. The van der Waals surface area contributed by atoms with Crippen molar-refractivity contribution in [2.45, 2.75) is 38.8 Å². The predicted octanol–water partition coefficient (Wildman–Crippen LogP) is -0.781. The molecule has 0 bridgehead atoms. The van der Waals surface area contributed by atoms with Crippen LogP contribution in [0.3, 0.4) is 0 Å². The molecule has 0 saturated carbocycles. The van der Waals surface area contributed by atoms with E-state index in [4.69, 9.17) is 15.9 Å². The summed E-state index contributed by atoms with van der Waals surface area (Å²) in [6.07, 6.45) is 0.582. The summed E-state index contributed by atoms with van der Waals surface area (Å²) in [5.74, 6) is -0.00504. The fourth-order valence-corrected chi connectivity index (χ4v) is 1.13. The monoisotopic (exact) mass is 218 g/mol. The van der Waals surface area contributed by atoms with Crippen molar-refractivity contribution in [1.82, 2.24) is 5.32 Å². The summed E-state index contributed by atoms with van der Waals surface area (Å²) >= 11 is 0. The first kappa shape index (κ1) is 14.3. The molecule has 0 unspecified atom stereocenters. The Morgan fingerprint density at radius 3 is 2.20 bits per heavy atom. The van der Waals surface area contributed by atoms with Crippen LogP contribution in [0, 0.1) is 5.92 Å². The third-order valence-corrected chi connectivity index (χ3v) is 2.19. The molecule has 0 heterocycles. The lowest BCUT2D eigenvalue weighted by Crippen LogP contribution is -2.56.